The second-order valence-corrected chi connectivity index (χ2v) is 0.274. The van der Waals surface area contributed by atoms with Gasteiger partial charge < -0.3 is 0 Å². The molecule has 0 aromatic carbocycles. The summed E-state index contributed by atoms with van der Waals surface area (Å²) in [5, 5.41) is 0. The zero-order valence-corrected chi connectivity index (χ0v) is 5.27. The van der Waals surface area contributed by atoms with Gasteiger partial charge in [-0.3, -0.25) is 0 Å². The minimum Gasteiger partial charge on any atom is -0.162 e. The van der Waals surface area contributed by atoms with E-state index in [0.29, 0.717) is 0 Å². The molecule has 4 heteroatoms. The van der Waals surface area contributed by atoms with E-state index in [1.165, 1.54) is 0 Å². The Morgan fingerprint density at radius 1 is 1.75 bits per heavy atom. The second kappa shape index (κ2) is 8.85. The molecule has 0 bridgehead atoms. The van der Waals surface area contributed by atoms with Crippen molar-refractivity contribution in [2.24, 2.45) is 0 Å². The molecule has 0 spiro atoms. The van der Waals surface area contributed by atoms with Gasteiger partial charge in [0, 0.05) is 37.7 Å². The van der Waals surface area contributed by atoms with Gasteiger partial charge in [-0.15, -0.1) is 0 Å². The van der Waals surface area contributed by atoms with E-state index in [9.17, 15) is 0 Å². The Hall–Kier alpha value is 1.32. The topological polar surface area (TPSA) is 37.3 Å². The van der Waals surface area contributed by atoms with Crippen molar-refractivity contribution in [2.75, 3.05) is 0 Å². The first kappa shape index (κ1) is 9.01. The molecule has 0 aromatic rings. The maximum atomic E-state index is 8.51. The van der Waals surface area contributed by atoms with Gasteiger partial charge in [0.2, 0.25) is 0 Å². The third-order valence-corrected chi connectivity index (χ3v) is 0. The van der Waals surface area contributed by atoms with Gasteiger partial charge in [-0.1, -0.05) is 0 Å². The van der Waals surface area contributed by atoms with Gasteiger partial charge in [0.05, 0.1) is 0 Å². The zero-order valence-electron chi connectivity index (χ0n) is 2.06. The van der Waals surface area contributed by atoms with E-state index >= 15 is 0 Å². The summed E-state index contributed by atoms with van der Waals surface area (Å²) in [6.07, 6.45) is 0. The average Bonchev–Trinajstić information content (AvgIpc) is 0.918. The molecular weight excluding hydrogens is 103 g/mol. The van der Waals surface area contributed by atoms with Crippen molar-refractivity contribution in [1.82, 2.24) is 0 Å². The predicted molar refractivity (Wildman–Crippen MR) is 17.0 cm³/mol. The first-order valence-electron chi connectivity index (χ1n) is 0.428. The fraction of sp³-hybridized carbons (Fsp3) is 0. The van der Waals surface area contributed by atoms with Crippen molar-refractivity contribution in [2.45, 2.75) is 0 Å². The van der Waals surface area contributed by atoms with Crippen LogP contribution < -0.4 is 0 Å². The standard InChI is InChI=1S/Ca.HO2P/c;1-3-2/h;3H/p+1. The largest absolute Gasteiger partial charge is 0.491 e. The summed E-state index contributed by atoms with van der Waals surface area (Å²) in [7, 11) is -1.17. The van der Waals surface area contributed by atoms with Crippen LogP contribution in [-0.4, -0.2) is 42.6 Å². The molecule has 0 saturated heterocycles. The fourth-order valence-electron chi connectivity index (χ4n) is 0. The van der Waals surface area contributed by atoms with Gasteiger partial charge in [0.1, 0.15) is 0 Å². The van der Waals surface area contributed by atoms with Crippen molar-refractivity contribution < 1.29 is 9.46 Å². The molecule has 0 aliphatic carbocycles. The molecule has 0 rings (SSSR count). The van der Waals surface area contributed by atoms with Crippen molar-refractivity contribution in [3.8, 4) is 0 Å². The molecule has 1 atom stereocenters. The molecule has 0 fully saturated rings. The maximum Gasteiger partial charge on any atom is 0.491 e. The molecular formula is H2CaO2P+. The fourth-order valence-corrected chi connectivity index (χ4v) is 0. The number of rotatable bonds is 0. The van der Waals surface area contributed by atoms with E-state index < -0.39 is 8.69 Å². The summed E-state index contributed by atoms with van der Waals surface area (Å²) in [6.45, 7) is 0. The molecule has 0 aliphatic heterocycles. The van der Waals surface area contributed by atoms with Gasteiger partial charge in [0.15, 0.2) is 0 Å². The monoisotopic (exact) mass is 105 g/mol. The molecule has 0 saturated carbocycles. The average molecular weight is 105 g/mol. The maximum absolute atomic E-state index is 8.51. The van der Waals surface area contributed by atoms with Crippen molar-refractivity contribution >= 4 is 46.4 Å². The van der Waals surface area contributed by atoms with Gasteiger partial charge >= 0.3 is 8.69 Å². The minimum atomic E-state index is -1.17. The third-order valence-electron chi connectivity index (χ3n) is 0. The zero-order chi connectivity index (χ0) is 2.71. The quantitative estimate of drug-likeness (QED) is 0.334. The molecule has 0 amide bonds. The van der Waals surface area contributed by atoms with E-state index in [-0.39, 0.29) is 37.7 Å². The van der Waals surface area contributed by atoms with Crippen molar-refractivity contribution in [3.63, 3.8) is 0 Å². The Kier molecular flexibility index (Phi) is 19.9. The van der Waals surface area contributed by atoms with Crippen LogP contribution in [0.25, 0.3) is 0 Å². The van der Waals surface area contributed by atoms with Crippen LogP contribution in [0.3, 0.4) is 0 Å². The molecule has 2 radical (unpaired) electrons. The smallest absolute Gasteiger partial charge is 0.162 e. The summed E-state index contributed by atoms with van der Waals surface area (Å²) in [4.78, 5) is 7.04. The molecule has 0 aromatic heterocycles. The molecule has 2 nitrogen and oxygen atoms in total. The van der Waals surface area contributed by atoms with Crippen LogP contribution in [0.5, 0.6) is 0 Å². The Labute approximate surface area is 55.5 Å². The molecule has 0 aliphatic rings. The number of hydrogen-bond donors (Lipinski definition) is 1. The molecule has 20 valence electrons. The Bertz CT molecular complexity index is 13.5. The van der Waals surface area contributed by atoms with Crippen LogP contribution >= 0.6 is 8.69 Å². The molecule has 1 unspecified atom stereocenters. The summed E-state index contributed by atoms with van der Waals surface area (Å²) < 4.78 is 8.51. The normalized spacial score (nSPS) is 5.25. The summed E-state index contributed by atoms with van der Waals surface area (Å²) in [5.74, 6) is 0. The van der Waals surface area contributed by atoms with Gasteiger partial charge in [-0.25, -0.2) is 0 Å². The first-order valence-corrected chi connectivity index (χ1v) is 1.28. The first-order chi connectivity index (χ1) is 1.41. The van der Waals surface area contributed by atoms with E-state index in [4.69, 9.17) is 9.46 Å². The second-order valence-electron chi connectivity index (χ2n) is 0.0913. The van der Waals surface area contributed by atoms with Crippen molar-refractivity contribution in [3.05, 3.63) is 0 Å². The summed E-state index contributed by atoms with van der Waals surface area (Å²) in [5.41, 5.74) is 0. The van der Waals surface area contributed by atoms with Crippen LogP contribution in [0.4, 0.5) is 0 Å². The van der Waals surface area contributed by atoms with Crippen LogP contribution in [0.2, 0.25) is 0 Å². The van der Waals surface area contributed by atoms with Crippen LogP contribution in [-0.2, 0) is 4.57 Å². The molecule has 4 heavy (non-hydrogen) atoms. The number of hydrogen-bond acceptors (Lipinski definition) is 1. The van der Waals surface area contributed by atoms with Crippen LogP contribution in [0.15, 0.2) is 0 Å². The Morgan fingerprint density at radius 2 is 1.75 bits per heavy atom. The van der Waals surface area contributed by atoms with E-state index in [0.717, 1.165) is 0 Å². The molecule has 1 N–H and O–H groups in total. The molecule has 0 heterocycles. The Balaban J connectivity index is 0. The van der Waals surface area contributed by atoms with E-state index in [2.05, 4.69) is 0 Å². The Morgan fingerprint density at radius 3 is 1.75 bits per heavy atom. The SMILES string of the molecule is O=[PH+]O.[Ca]. The van der Waals surface area contributed by atoms with Crippen LogP contribution in [0, 0.1) is 0 Å². The minimum absolute atomic E-state index is 0. The van der Waals surface area contributed by atoms with Gasteiger partial charge in [-0.05, 0) is 4.57 Å². The predicted octanol–water partition coefficient (Wildman–Crippen LogP) is -0.463. The van der Waals surface area contributed by atoms with Gasteiger partial charge in [-0.2, -0.15) is 4.89 Å². The van der Waals surface area contributed by atoms with E-state index in [1.807, 2.05) is 0 Å². The van der Waals surface area contributed by atoms with Crippen LogP contribution in [0.1, 0.15) is 0 Å². The summed E-state index contributed by atoms with van der Waals surface area (Å²) >= 11 is 0. The van der Waals surface area contributed by atoms with Crippen molar-refractivity contribution in [1.29, 1.82) is 0 Å². The third kappa shape index (κ3) is 10.3. The van der Waals surface area contributed by atoms with Gasteiger partial charge in [0.25, 0.3) is 0 Å². The summed E-state index contributed by atoms with van der Waals surface area (Å²) in [6, 6.07) is 0. The van der Waals surface area contributed by atoms with E-state index in [1.54, 1.807) is 0 Å².